The lowest BCUT2D eigenvalue weighted by atomic mass is 10.0. The number of ether oxygens (including phenoxy) is 4. The van der Waals surface area contributed by atoms with Crippen LogP contribution in [0.15, 0.2) is 85.1 Å². The summed E-state index contributed by atoms with van der Waals surface area (Å²) >= 11 is 0. The summed E-state index contributed by atoms with van der Waals surface area (Å²) in [7, 11) is -9.97. The number of carbonyl (C=O) groups excluding carboxylic acids is 4. The number of unbranched alkanes of at least 4 members (excludes halogenated alkanes) is 39. The maximum Gasteiger partial charge on any atom is 0.472 e. The number of esters is 4. The van der Waals surface area contributed by atoms with Crippen LogP contribution in [0.1, 0.15) is 374 Å². The molecule has 0 saturated carbocycles. The van der Waals surface area contributed by atoms with Crippen molar-refractivity contribution in [1.29, 1.82) is 0 Å². The van der Waals surface area contributed by atoms with E-state index in [2.05, 4.69) is 94.5 Å². The first-order chi connectivity index (χ1) is 50.7. The Hall–Kier alpha value is -3.76. The summed E-state index contributed by atoms with van der Waals surface area (Å²) in [6.45, 7) is 4.74. The highest BCUT2D eigenvalue weighted by Gasteiger charge is 2.30. The van der Waals surface area contributed by atoms with Gasteiger partial charge in [-0.2, -0.15) is 0 Å². The molecular formula is C85H152O17P2. The smallest absolute Gasteiger partial charge is 0.462 e. The minimum Gasteiger partial charge on any atom is -0.462 e. The molecule has 0 rings (SSSR count). The van der Waals surface area contributed by atoms with Crippen molar-refractivity contribution in [3.63, 3.8) is 0 Å². The first-order valence-corrected chi connectivity index (χ1v) is 44.8. The van der Waals surface area contributed by atoms with E-state index < -0.39 is 97.5 Å². The molecule has 604 valence electrons. The van der Waals surface area contributed by atoms with Gasteiger partial charge < -0.3 is 33.8 Å². The third-order valence-corrected chi connectivity index (χ3v) is 19.8. The Morgan fingerprint density at radius 1 is 0.279 bits per heavy atom. The number of hydrogen-bond acceptors (Lipinski definition) is 15. The van der Waals surface area contributed by atoms with E-state index in [0.29, 0.717) is 32.1 Å². The summed E-state index contributed by atoms with van der Waals surface area (Å²) in [6.07, 6.45) is 81.4. The largest absolute Gasteiger partial charge is 0.472 e. The summed E-state index contributed by atoms with van der Waals surface area (Å²) in [5.74, 6) is -2.24. The van der Waals surface area contributed by atoms with E-state index in [1.807, 2.05) is 18.2 Å². The van der Waals surface area contributed by atoms with Crippen molar-refractivity contribution in [2.24, 2.45) is 0 Å². The number of aliphatic hydroxyl groups is 1. The zero-order valence-electron chi connectivity index (χ0n) is 66.2. The number of phosphoric ester groups is 2. The van der Waals surface area contributed by atoms with Crippen LogP contribution in [0.25, 0.3) is 0 Å². The third kappa shape index (κ3) is 76.4. The van der Waals surface area contributed by atoms with Gasteiger partial charge in [0.1, 0.15) is 19.3 Å². The van der Waals surface area contributed by atoms with E-state index in [0.717, 1.165) is 122 Å². The van der Waals surface area contributed by atoms with E-state index in [1.54, 1.807) is 0 Å². The van der Waals surface area contributed by atoms with E-state index >= 15 is 0 Å². The van der Waals surface area contributed by atoms with Crippen LogP contribution in [-0.4, -0.2) is 96.7 Å². The topological polar surface area (TPSA) is 237 Å². The van der Waals surface area contributed by atoms with Crippen LogP contribution in [0.4, 0.5) is 0 Å². The molecule has 0 spiro atoms. The van der Waals surface area contributed by atoms with Crippen LogP contribution >= 0.6 is 15.6 Å². The molecule has 17 nitrogen and oxygen atoms in total. The highest BCUT2D eigenvalue weighted by molar-refractivity contribution is 7.47. The molecule has 5 atom stereocenters. The lowest BCUT2D eigenvalue weighted by Gasteiger charge is -2.21. The van der Waals surface area contributed by atoms with Crippen molar-refractivity contribution in [2.75, 3.05) is 39.6 Å². The maximum atomic E-state index is 13.1. The zero-order chi connectivity index (χ0) is 76.0. The van der Waals surface area contributed by atoms with Gasteiger partial charge in [0.05, 0.1) is 26.4 Å². The fraction of sp³-hybridized carbons (Fsp3) is 0.788. The number of rotatable bonds is 79. The van der Waals surface area contributed by atoms with Crippen molar-refractivity contribution < 1.29 is 80.2 Å². The third-order valence-electron chi connectivity index (χ3n) is 17.9. The molecule has 0 amide bonds. The normalized spacial score (nSPS) is 14.3. The molecule has 0 aliphatic heterocycles. The Kier molecular flexibility index (Phi) is 74.6. The summed E-state index contributed by atoms with van der Waals surface area (Å²) < 4.78 is 68.7. The number of hydrogen-bond donors (Lipinski definition) is 3. The Morgan fingerprint density at radius 3 is 0.837 bits per heavy atom. The van der Waals surface area contributed by atoms with Crippen LogP contribution in [0.2, 0.25) is 0 Å². The highest BCUT2D eigenvalue weighted by Crippen LogP contribution is 2.45. The number of allylic oxidation sites excluding steroid dienone is 14. The molecule has 2 unspecified atom stereocenters. The molecule has 104 heavy (non-hydrogen) atoms. The SMILES string of the molecule is CC/C=C\C/C=C\C/C=C\C/C=C\C/C=C\C/C=C\CCC(=O)O[C@H](COC(=O)CCCCCCCCCCCCCCCCC)COP(=O)(O)OC[C@@H](O)COP(=O)(O)OC[C@@H](COC(=O)CCCCCCCCCCCCCCCCC)OC(=O)CCCCCCCCC/C=C\CCCCCC. The number of carbonyl (C=O) groups is 4. The van der Waals surface area contributed by atoms with E-state index in [4.69, 9.17) is 37.0 Å². The number of phosphoric acid groups is 2. The molecule has 0 aliphatic rings. The van der Waals surface area contributed by atoms with Crippen molar-refractivity contribution in [3.8, 4) is 0 Å². The van der Waals surface area contributed by atoms with Crippen LogP contribution < -0.4 is 0 Å². The van der Waals surface area contributed by atoms with Gasteiger partial charge in [-0.25, -0.2) is 9.13 Å². The molecule has 0 aromatic carbocycles. The standard InChI is InChI=1S/C85H152O17P2/c1-5-9-13-17-21-25-29-33-37-38-39-40-44-48-52-56-60-64-68-72-85(90)102-81(76-96-83(88)70-66-62-58-54-50-46-42-35-31-27-23-19-15-11-7-3)78-100-104(93,94)98-74-79(86)73-97-103(91,92)99-77-80(101-84(89)71-67-63-59-55-51-47-43-36-32-28-24-20-16-12-8-4)75-95-82(87)69-65-61-57-53-49-45-41-34-30-26-22-18-14-10-6-2/h9,13,21,25,28,32-33,37,39-40,48,52,60,64,79-81,86H,5-8,10-12,14-20,22-24,26-27,29-31,34-36,38,41-47,49-51,53-59,61-63,65-78H2,1-4H3,(H,91,92)(H,93,94)/b13-9-,25-21-,32-28-,37-33-,40-39-,52-48-,64-60-/t79-,80+,81+/m0/s1. The zero-order valence-corrected chi connectivity index (χ0v) is 68.0. The van der Waals surface area contributed by atoms with Gasteiger partial charge in [-0.05, 0) is 89.9 Å². The van der Waals surface area contributed by atoms with E-state index in [1.165, 1.54) is 167 Å². The Balaban J connectivity index is 5.40. The molecular weight excluding hydrogens is 1350 g/mol. The Bertz CT molecular complexity index is 2300. The van der Waals surface area contributed by atoms with Crippen molar-refractivity contribution >= 4 is 39.5 Å². The van der Waals surface area contributed by atoms with Gasteiger partial charge in [0.25, 0.3) is 0 Å². The fourth-order valence-electron chi connectivity index (χ4n) is 11.5. The lowest BCUT2D eigenvalue weighted by molar-refractivity contribution is -0.161. The molecule has 0 radical (unpaired) electrons. The van der Waals surface area contributed by atoms with Gasteiger partial charge in [0.15, 0.2) is 12.2 Å². The van der Waals surface area contributed by atoms with Crippen LogP contribution in [-0.2, 0) is 65.4 Å². The number of aliphatic hydroxyl groups excluding tert-OH is 1. The molecule has 0 fully saturated rings. The van der Waals surface area contributed by atoms with Crippen LogP contribution in [0, 0.1) is 0 Å². The molecule has 0 aromatic rings. The average molecular weight is 1510 g/mol. The Morgan fingerprint density at radius 2 is 0.519 bits per heavy atom. The summed E-state index contributed by atoms with van der Waals surface area (Å²) in [4.78, 5) is 73.1. The fourth-order valence-corrected chi connectivity index (χ4v) is 13.1. The molecule has 0 saturated heterocycles. The predicted molar refractivity (Wildman–Crippen MR) is 427 cm³/mol. The molecule has 0 bridgehead atoms. The first-order valence-electron chi connectivity index (χ1n) is 41.8. The second kappa shape index (κ2) is 77.4. The highest BCUT2D eigenvalue weighted by atomic mass is 31.2. The maximum absolute atomic E-state index is 13.1. The molecule has 0 aromatic heterocycles. The molecule has 0 heterocycles. The monoisotopic (exact) mass is 1510 g/mol. The predicted octanol–water partition coefficient (Wildman–Crippen LogP) is 24.6. The molecule has 19 heteroatoms. The van der Waals surface area contributed by atoms with Crippen molar-refractivity contribution in [2.45, 2.75) is 393 Å². The minimum absolute atomic E-state index is 0.0269. The second-order valence-electron chi connectivity index (χ2n) is 28.1. The van der Waals surface area contributed by atoms with Crippen molar-refractivity contribution in [3.05, 3.63) is 85.1 Å². The summed E-state index contributed by atoms with van der Waals surface area (Å²) in [5, 5.41) is 10.7. The minimum atomic E-state index is -4.99. The van der Waals surface area contributed by atoms with Crippen molar-refractivity contribution in [1.82, 2.24) is 0 Å². The second-order valence-corrected chi connectivity index (χ2v) is 31.0. The van der Waals surface area contributed by atoms with Gasteiger partial charge in [-0.1, -0.05) is 344 Å². The summed E-state index contributed by atoms with van der Waals surface area (Å²) in [5.41, 5.74) is 0. The summed E-state index contributed by atoms with van der Waals surface area (Å²) in [6, 6.07) is 0. The first kappa shape index (κ1) is 100. The molecule has 0 aliphatic carbocycles. The van der Waals surface area contributed by atoms with Gasteiger partial charge in [-0.3, -0.25) is 37.3 Å². The van der Waals surface area contributed by atoms with Gasteiger partial charge >= 0.3 is 39.5 Å². The van der Waals surface area contributed by atoms with Gasteiger partial charge in [-0.15, -0.1) is 0 Å². The van der Waals surface area contributed by atoms with Gasteiger partial charge in [0.2, 0.25) is 0 Å². The average Bonchev–Trinajstić information content (AvgIpc) is 0.943. The van der Waals surface area contributed by atoms with Gasteiger partial charge in [0, 0.05) is 25.7 Å². The lowest BCUT2D eigenvalue weighted by Crippen LogP contribution is -2.30. The Labute approximate surface area is 634 Å². The molecule has 3 N–H and O–H groups in total. The van der Waals surface area contributed by atoms with Crippen LogP contribution in [0.5, 0.6) is 0 Å². The quantitative estimate of drug-likeness (QED) is 0.0169. The van der Waals surface area contributed by atoms with E-state index in [9.17, 15) is 43.2 Å². The van der Waals surface area contributed by atoms with Crippen LogP contribution in [0.3, 0.4) is 0 Å². The van der Waals surface area contributed by atoms with E-state index in [-0.39, 0.29) is 25.7 Å².